The van der Waals surface area contributed by atoms with Gasteiger partial charge in [0.1, 0.15) is 4.32 Å². The van der Waals surface area contributed by atoms with Gasteiger partial charge in [-0.15, -0.1) is 0 Å². The summed E-state index contributed by atoms with van der Waals surface area (Å²) in [6, 6.07) is -0.814. The highest BCUT2D eigenvalue weighted by Gasteiger charge is 2.32. The van der Waals surface area contributed by atoms with E-state index < -0.39 is 10.4 Å². The second-order valence-corrected chi connectivity index (χ2v) is 11.6. The Morgan fingerprint density at radius 2 is 1.09 bits per heavy atom. The topological polar surface area (TPSA) is 72.2 Å². The van der Waals surface area contributed by atoms with Crippen LogP contribution >= 0.6 is 15.9 Å². The van der Waals surface area contributed by atoms with Crippen molar-refractivity contribution in [1.29, 1.82) is 0 Å². The first-order chi connectivity index (χ1) is 15.6. The van der Waals surface area contributed by atoms with E-state index in [1.807, 2.05) is 19.2 Å². The lowest BCUT2D eigenvalue weighted by atomic mass is 9.92. The summed E-state index contributed by atoms with van der Waals surface area (Å²) in [5.74, 6) is 1.41. The van der Waals surface area contributed by atoms with Gasteiger partial charge in [-0.1, -0.05) is 154 Å². The first-order valence-corrected chi connectivity index (χ1v) is 14.7. The Morgan fingerprint density at radius 3 is 1.39 bits per heavy atom. The largest absolute Gasteiger partial charge is 0.351 e. The third kappa shape index (κ3) is 21.7. The van der Waals surface area contributed by atoms with Crippen LogP contribution in [0.4, 0.5) is 4.79 Å². The first-order valence-electron chi connectivity index (χ1n) is 13.9. The van der Waals surface area contributed by atoms with E-state index in [0.717, 1.165) is 11.8 Å². The lowest BCUT2D eigenvalue weighted by molar-refractivity contribution is -0.122. The number of hydrogen-bond donors (Lipinski definition) is 2. The van der Waals surface area contributed by atoms with E-state index in [1.54, 1.807) is 0 Å². The number of urea groups is 1. The Morgan fingerprint density at radius 1 is 0.727 bits per heavy atom. The van der Waals surface area contributed by atoms with Crippen molar-refractivity contribution in [2.75, 3.05) is 0 Å². The van der Waals surface area contributed by atoms with Crippen LogP contribution in [0.2, 0.25) is 0 Å². The summed E-state index contributed by atoms with van der Waals surface area (Å²) >= 11 is 3.26. The van der Waals surface area contributed by atoms with E-state index in [9.17, 15) is 9.59 Å². The highest BCUT2D eigenvalue weighted by Crippen LogP contribution is 2.26. The maximum atomic E-state index is 11.3. The van der Waals surface area contributed by atoms with Crippen molar-refractivity contribution < 1.29 is 9.59 Å². The number of alkyl halides is 1. The molecule has 0 rings (SSSR count). The van der Waals surface area contributed by atoms with Crippen LogP contribution in [-0.4, -0.2) is 16.3 Å². The van der Waals surface area contributed by atoms with Gasteiger partial charge in [0.2, 0.25) is 5.91 Å². The SMILES string of the molecule is CCC(Br)(CC)C(=O)NC(N)=O.CCCCCCCCCCCCCCCCC(C)C(C)C. The zero-order chi connectivity index (χ0) is 25.5. The fraction of sp³-hybridized carbons (Fsp3) is 0.929. The van der Waals surface area contributed by atoms with Crippen molar-refractivity contribution >= 4 is 27.9 Å². The van der Waals surface area contributed by atoms with Gasteiger partial charge < -0.3 is 5.73 Å². The second-order valence-electron chi connectivity index (χ2n) is 10.1. The maximum Gasteiger partial charge on any atom is 0.318 e. The molecule has 3 amide bonds. The first kappa shape index (κ1) is 34.6. The van der Waals surface area contributed by atoms with Gasteiger partial charge in [-0.3, -0.25) is 10.1 Å². The molecule has 4 nitrogen and oxygen atoms in total. The number of hydrogen-bond acceptors (Lipinski definition) is 2. The lowest BCUT2D eigenvalue weighted by Crippen LogP contribution is -2.46. The molecule has 0 radical (unpaired) electrons. The van der Waals surface area contributed by atoms with Gasteiger partial charge in [-0.2, -0.15) is 0 Å². The van der Waals surface area contributed by atoms with Crippen molar-refractivity contribution in [2.24, 2.45) is 17.6 Å². The van der Waals surface area contributed by atoms with Crippen LogP contribution in [0, 0.1) is 11.8 Å². The summed E-state index contributed by atoms with van der Waals surface area (Å²) in [7, 11) is 0. The Kier molecular flexibility index (Phi) is 24.3. The van der Waals surface area contributed by atoms with Crippen molar-refractivity contribution in [1.82, 2.24) is 5.32 Å². The van der Waals surface area contributed by atoms with Gasteiger partial charge in [0, 0.05) is 0 Å². The van der Waals surface area contributed by atoms with E-state index in [4.69, 9.17) is 5.73 Å². The molecule has 5 heteroatoms. The molecule has 0 aliphatic heterocycles. The third-order valence-electron chi connectivity index (χ3n) is 6.92. The maximum absolute atomic E-state index is 11.3. The molecule has 0 aromatic rings. The highest BCUT2D eigenvalue weighted by molar-refractivity contribution is 9.10. The zero-order valence-corrected chi connectivity index (χ0v) is 24.5. The minimum Gasteiger partial charge on any atom is -0.351 e. The number of amides is 3. The average Bonchev–Trinajstić information content (AvgIpc) is 2.78. The number of halogens is 1. The summed E-state index contributed by atoms with van der Waals surface area (Å²) < 4.78 is -0.665. The van der Waals surface area contributed by atoms with Crippen molar-refractivity contribution in [3.05, 3.63) is 0 Å². The molecule has 0 saturated carbocycles. The Bertz CT molecular complexity index is 465. The van der Waals surface area contributed by atoms with Gasteiger partial charge >= 0.3 is 6.03 Å². The Hall–Kier alpha value is -0.580. The summed E-state index contributed by atoms with van der Waals surface area (Å²) in [4.78, 5) is 21.6. The van der Waals surface area contributed by atoms with Crippen molar-refractivity contribution in [3.63, 3.8) is 0 Å². The summed E-state index contributed by atoms with van der Waals surface area (Å²) in [6.45, 7) is 13.1. The number of carbonyl (C=O) groups is 2. The van der Waals surface area contributed by atoms with Crippen molar-refractivity contribution in [3.8, 4) is 0 Å². The van der Waals surface area contributed by atoms with Crippen LogP contribution in [0.1, 0.15) is 151 Å². The van der Waals surface area contributed by atoms with Crippen LogP contribution in [0.25, 0.3) is 0 Å². The van der Waals surface area contributed by atoms with Gasteiger partial charge in [-0.05, 0) is 24.7 Å². The molecule has 0 heterocycles. The second kappa shape index (κ2) is 23.2. The van der Waals surface area contributed by atoms with E-state index >= 15 is 0 Å². The van der Waals surface area contributed by atoms with E-state index in [-0.39, 0.29) is 5.91 Å². The molecule has 1 atom stereocenters. The molecule has 0 spiro atoms. The Labute approximate surface area is 215 Å². The summed E-state index contributed by atoms with van der Waals surface area (Å²) in [6.07, 6.45) is 23.2. The number of nitrogens with two attached hydrogens (primary N) is 1. The molecule has 0 aliphatic rings. The van der Waals surface area contributed by atoms with Gasteiger partial charge in [0.25, 0.3) is 0 Å². The number of primary amides is 1. The van der Waals surface area contributed by atoms with E-state index in [1.165, 1.54) is 96.3 Å². The molecule has 0 aliphatic carbocycles. The number of rotatable bonds is 19. The minimum absolute atomic E-state index is 0.375. The molecule has 33 heavy (non-hydrogen) atoms. The Balaban J connectivity index is 0. The quantitative estimate of drug-likeness (QED) is 0.128. The molecule has 0 bridgehead atoms. The van der Waals surface area contributed by atoms with Gasteiger partial charge in [0.05, 0.1) is 0 Å². The summed E-state index contributed by atoms with van der Waals surface area (Å²) in [5, 5.41) is 2.04. The van der Waals surface area contributed by atoms with Crippen LogP contribution < -0.4 is 11.1 Å². The van der Waals surface area contributed by atoms with Crippen molar-refractivity contribution in [2.45, 2.75) is 155 Å². The predicted octanol–water partition coefficient (Wildman–Crippen LogP) is 9.28. The fourth-order valence-electron chi connectivity index (χ4n) is 3.79. The van der Waals surface area contributed by atoms with Crippen LogP contribution in [0.3, 0.4) is 0 Å². The normalized spacial score (nSPS) is 12.2. The van der Waals surface area contributed by atoms with Crippen LogP contribution in [0.5, 0.6) is 0 Å². The number of nitrogens with one attached hydrogen (secondary N) is 1. The van der Waals surface area contributed by atoms with E-state index in [2.05, 4.69) is 43.6 Å². The lowest BCUT2D eigenvalue weighted by Gasteiger charge is -2.21. The van der Waals surface area contributed by atoms with Crippen LogP contribution in [-0.2, 0) is 4.79 Å². The van der Waals surface area contributed by atoms with Crippen LogP contribution in [0.15, 0.2) is 0 Å². The molecular weight excluding hydrogens is 476 g/mol. The molecular formula is C28H57BrN2O2. The third-order valence-corrected chi connectivity index (χ3v) is 8.40. The van der Waals surface area contributed by atoms with E-state index in [0.29, 0.717) is 12.8 Å². The molecule has 0 fully saturated rings. The zero-order valence-electron chi connectivity index (χ0n) is 22.9. The molecule has 0 aromatic carbocycles. The molecule has 0 aromatic heterocycles. The molecule has 3 N–H and O–H groups in total. The molecule has 1 unspecified atom stereocenters. The predicted molar refractivity (Wildman–Crippen MR) is 149 cm³/mol. The standard InChI is InChI=1S/C21H44.C7H13BrN2O2/c1-5-6-7-8-9-10-11-12-13-14-15-16-17-18-19-21(4)20(2)3;1-3-7(8,4-2)5(11)10-6(9)12/h20-21H,5-19H2,1-4H3;3-4H2,1-2H3,(H3,9,10,11,12). The summed E-state index contributed by atoms with van der Waals surface area (Å²) in [5.41, 5.74) is 4.81. The number of imide groups is 1. The smallest absolute Gasteiger partial charge is 0.318 e. The number of carbonyl (C=O) groups excluding carboxylic acids is 2. The number of unbranched alkanes of at least 4 members (excludes halogenated alkanes) is 13. The monoisotopic (exact) mass is 532 g/mol. The fourth-order valence-corrected chi connectivity index (χ4v) is 3.89. The van der Waals surface area contributed by atoms with Gasteiger partial charge in [0.15, 0.2) is 0 Å². The minimum atomic E-state index is -0.814. The molecule has 198 valence electrons. The average molecular weight is 534 g/mol. The highest BCUT2D eigenvalue weighted by atomic mass is 79.9. The molecule has 0 saturated heterocycles. The van der Waals surface area contributed by atoms with Gasteiger partial charge in [-0.25, -0.2) is 4.79 Å².